The van der Waals surface area contributed by atoms with Crippen LogP contribution in [0.25, 0.3) is 0 Å². The summed E-state index contributed by atoms with van der Waals surface area (Å²) in [6.45, 7) is 2.87. The van der Waals surface area contributed by atoms with Crippen LogP contribution >= 0.6 is 12.4 Å². The van der Waals surface area contributed by atoms with E-state index in [-0.39, 0.29) is 18.3 Å². The SMILES string of the molecule is CN(C)CC(=O)N1CCNCc2ccccc21.Cl. The topological polar surface area (TPSA) is 35.6 Å². The van der Waals surface area contributed by atoms with Gasteiger partial charge in [0.1, 0.15) is 0 Å². The number of hydrogen-bond acceptors (Lipinski definition) is 3. The summed E-state index contributed by atoms with van der Waals surface area (Å²) >= 11 is 0. The molecule has 0 aromatic heterocycles. The lowest BCUT2D eigenvalue weighted by atomic mass is 10.1. The van der Waals surface area contributed by atoms with Gasteiger partial charge in [-0.05, 0) is 25.7 Å². The van der Waals surface area contributed by atoms with Crippen LogP contribution < -0.4 is 10.2 Å². The van der Waals surface area contributed by atoms with Gasteiger partial charge < -0.3 is 15.1 Å². The first-order chi connectivity index (χ1) is 8.18. The summed E-state index contributed by atoms with van der Waals surface area (Å²) < 4.78 is 0. The predicted molar refractivity (Wildman–Crippen MR) is 76.3 cm³/mol. The number of carbonyl (C=O) groups is 1. The van der Waals surface area contributed by atoms with E-state index in [1.165, 1.54) is 5.56 Å². The summed E-state index contributed by atoms with van der Waals surface area (Å²) in [5.41, 5.74) is 2.24. The molecule has 1 aromatic carbocycles. The van der Waals surface area contributed by atoms with Crippen LogP contribution in [0.5, 0.6) is 0 Å². The molecule has 0 atom stereocenters. The van der Waals surface area contributed by atoms with E-state index in [9.17, 15) is 4.79 Å². The number of hydrogen-bond donors (Lipinski definition) is 1. The monoisotopic (exact) mass is 269 g/mol. The van der Waals surface area contributed by atoms with Gasteiger partial charge in [-0.3, -0.25) is 4.79 Å². The maximum atomic E-state index is 12.2. The number of likely N-dealkylation sites (N-methyl/N-ethyl adjacent to an activating group) is 1. The Labute approximate surface area is 114 Å². The molecule has 0 fully saturated rings. The van der Waals surface area contributed by atoms with Crippen molar-refractivity contribution in [2.75, 3.05) is 38.6 Å². The van der Waals surface area contributed by atoms with Crippen molar-refractivity contribution in [1.82, 2.24) is 10.2 Å². The second kappa shape index (κ2) is 6.73. The minimum atomic E-state index is 0. The zero-order valence-corrected chi connectivity index (χ0v) is 11.7. The van der Waals surface area contributed by atoms with Crippen molar-refractivity contribution < 1.29 is 4.79 Å². The van der Waals surface area contributed by atoms with Crippen LogP contribution in [-0.2, 0) is 11.3 Å². The highest BCUT2D eigenvalue weighted by Gasteiger charge is 2.20. The fraction of sp³-hybridized carbons (Fsp3) is 0.462. The Morgan fingerprint density at radius 2 is 2.11 bits per heavy atom. The van der Waals surface area contributed by atoms with Crippen LogP contribution in [0.1, 0.15) is 5.56 Å². The molecule has 2 rings (SSSR count). The summed E-state index contributed by atoms with van der Waals surface area (Å²) in [5.74, 6) is 0.158. The molecule has 1 aromatic rings. The van der Waals surface area contributed by atoms with Crippen LogP contribution in [0.3, 0.4) is 0 Å². The Hall–Kier alpha value is -1.10. The van der Waals surface area contributed by atoms with Gasteiger partial charge in [0.25, 0.3) is 0 Å². The fourth-order valence-corrected chi connectivity index (χ4v) is 2.07. The average Bonchev–Trinajstić information content (AvgIpc) is 2.50. The molecule has 0 spiro atoms. The van der Waals surface area contributed by atoms with Crippen molar-refractivity contribution in [1.29, 1.82) is 0 Å². The standard InChI is InChI=1S/C13H19N3O.ClH/c1-15(2)10-13(17)16-8-7-14-9-11-5-3-4-6-12(11)16;/h3-6,14H,7-10H2,1-2H3;1H. The molecule has 0 unspecified atom stereocenters. The van der Waals surface area contributed by atoms with E-state index < -0.39 is 0 Å². The molecule has 1 aliphatic heterocycles. The van der Waals surface area contributed by atoms with E-state index in [2.05, 4.69) is 11.4 Å². The third-order valence-corrected chi connectivity index (χ3v) is 2.86. The van der Waals surface area contributed by atoms with Gasteiger partial charge in [-0.25, -0.2) is 0 Å². The molecule has 4 nitrogen and oxygen atoms in total. The van der Waals surface area contributed by atoms with Crippen molar-refractivity contribution in [2.24, 2.45) is 0 Å². The first-order valence-corrected chi connectivity index (χ1v) is 5.92. The molecule has 1 N–H and O–H groups in total. The number of rotatable bonds is 2. The third-order valence-electron chi connectivity index (χ3n) is 2.86. The minimum Gasteiger partial charge on any atom is -0.311 e. The van der Waals surface area contributed by atoms with Crippen LogP contribution in [0.2, 0.25) is 0 Å². The third kappa shape index (κ3) is 3.45. The number of nitrogens with zero attached hydrogens (tertiary/aromatic N) is 2. The lowest BCUT2D eigenvalue weighted by molar-refractivity contribution is -0.119. The highest BCUT2D eigenvalue weighted by atomic mass is 35.5. The number of halogens is 1. The van der Waals surface area contributed by atoms with Gasteiger partial charge in [0, 0.05) is 25.3 Å². The van der Waals surface area contributed by atoms with Crippen LogP contribution in [0, 0.1) is 0 Å². The molecule has 0 aliphatic carbocycles. The van der Waals surface area contributed by atoms with E-state index in [0.717, 1.165) is 25.3 Å². The molecule has 1 heterocycles. The molecule has 0 radical (unpaired) electrons. The Kier molecular flexibility index (Phi) is 5.59. The van der Waals surface area contributed by atoms with Crippen LogP contribution in [-0.4, -0.2) is 44.5 Å². The lowest BCUT2D eigenvalue weighted by Crippen LogP contribution is -2.40. The highest BCUT2D eigenvalue weighted by Crippen LogP contribution is 2.22. The highest BCUT2D eigenvalue weighted by molar-refractivity contribution is 5.95. The quantitative estimate of drug-likeness (QED) is 0.874. The molecule has 5 heteroatoms. The first-order valence-electron chi connectivity index (χ1n) is 5.92. The summed E-state index contributed by atoms with van der Waals surface area (Å²) in [6, 6.07) is 8.10. The first kappa shape index (κ1) is 15.0. The van der Waals surface area contributed by atoms with Gasteiger partial charge in [0.2, 0.25) is 5.91 Å². The van der Waals surface area contributed by atoms with Crippen molar-refractivity contribution >= 4 is 24.0 Å². The second-order valence-corrected chi connectivity index (χ2v) is 4.59. The number of benzene rings is 1. The average molecular weight is 270 g/mol. The Morgan fingerprint density at radius 3 is 2.83 bits per heavy atom. The van der Waals surface area contributed by atoms with Crippen molar-refractivity contribution in [3.8, 4) is 0 Å². The molecule has 0 saturated carbocycles. The van der Waals surface area contributed by atoms with Gasteiger partial charge in [-0.15, -0.1) is 12.4 Å². The van der Waals surface area contributed by atoms with Gasteiger partial charge in [0.05, 0.1) is 6.54 Å². The summed E-state index contributed by atoms with van der Waals surface area (Å²) in [7, 11) is 3.83. The largest absolute Gasteiger partial charge is 0.311 e. The van der Waals surface area contributed by atoms with Crippen LogP contribution in [0.4, 0.5) is 5.69 Å². The van der Waals surface area contributed by atoms with E-state index in [0.29, 0.717) is 6.54 Å². The molecular weight excluding hydrogens is 250 g/mol. The van der Waals surface area contributed by atoms with E-state index in [4.69, 9.17) is 0 Å². The lowest BCUT2D eigenvalue weighted by Gasteiger charge is -2.24. The number of amides is 1. The number of fused-ring (bicyclic) bond motifs is 1. The zero-order chi connectivity index (χ0) is 12.3. The Balaban J connectivity index is 0.00000162. The maximum absolute atomic E-state index is 12.2. The normalized spacial score (nSPS) is 14.7. The second-order valence-electron chi connectivity index (χ2n) is 4.59. The zero-order valence-electron chi connectivity index (χ0n) is 10.8. The summed E-state index contributed by atoms with van der Waals surface area (Å²) in [6.07, 6.45) is 0. The van der Waals surface area contributed by atoms with Gasteiger partial charge in [-0.1, -0.05) is 18.2 Å². The number of anilines is 1. The van der Waals surface area contributed by atoms with Crippen molar-refractivity contribution in [3.63, 3.8) is 0 Å². The van der Waals surface area contributed by atoms with E-state index in [1.54, 1.807) is 0 Å². The molecule has 0 saturated heterocycles. The molecule has 0 bridgehead atoms. The van der Waals surface area contributed by atoms with Gasteiger partial charge in [-0.2, -0.15) is 0 Å². The summed E-state index contributed by atoms with van der Waals surface area (Å²) in [5, 5.41) is 3.33. The minimum absolute atomic E-state index is 0. The fourth-order valence-electron chi connectivity index (χ4n) is 2.07. The number of nitrogens with one attached hydrogen (secondary N) is 1. The maximum Gasteiger partial charge on any atom is 0.241 e. The van der Waals surface area contributed by atoms with E-state index in [1.807, 2.05) is 42.1 Å². The molecule has 1 amide bonds. The van der Waals surface area contributed by atoms with Crippen molar-refractivity contribution in [3.05, 3.63) is 29.8 Å². The molecule has 18 heavy (non-hydrogen) atoms. The molecular formula is C13H20ClN3O. The smallest absolute Gasteiger partial charge is 0.241 e. The Bertz CT molecular complexity index is 409. The van der Waals surface area contributed by atoms with Gasteiger partial charge in [0.15, 0.2) is 0 Å². The molecule has 1 aliphatic rings. The Morgan fingerprint density at radius 1 is 1.39 bits per heavy atom. The van der Waals surface area contributed by atoms with Crippen molar-refractivity contribution in [2.45, 2.75) is 6.54 Å². The predicted octanol–water partition coefficient (Wildman–Crippen LogP) is 1.11. The molecule has 100 valence electrons. The summed E-state index contributed by atoms with van der Waals surface area (Å²) in [4.78, 5) is 16.0. The number of para-hydroxylation sites is 1. The van der Waals surface area contributed by atoms with Crippen LogP contribution in [0.15, 0.2) is 24.3 Å². The van der Waals surface area contributed by atoms with Gasteiger partial charge >= 0.3 is 0 Å². The van der Waals surface area contributed by atoms with E-state index >= 15 is 0 Å². The number of carbonyl (C=O) groups excluding carboxylic acids is 1.